The Morgan fingerprint density at radius 1 is 1.71 bits per heavy atom. The molecule has 0 amide bonds. The van der Waals surface area contributed by atoms with Gasteiger partial charge >= 0.3 is 5.97 Å². The summed E-state index contributed by atoms with van der Waals surface area (Å²) in [4.78, 5) is 11.3. The van der Waals surface area contributed by atoms with Crippen LogP contribution >= 0.6 is 15.9 Å². The Kier molecular flexibility index (Phi) is 3.75. The number of aryl methyl sites for hydroxylation is 1. The lowest BCUT2D eigenvalue weighted by molar-refractivity contribution is 0.0590. The second-order valence-corrected chi connectivity index (χ2v) is 3.96. The largest absolute Gasteiger partial charge is 0.464 e. The van der Waals surface area contributed by atoms with E-state index < -0.39 is 0 Å². The van der Waals surface area contributed by atoms with Crippen LogP contribution in [0, 0.1) is 0 Å². The predicted octanol–water partition coefficient (Wildman–Crippen LogP) is 2.31. The predicted molar refractivity (Wildman–Crippen MR) is 59.0 cm³/mol. The minimum absolute atomic E-state index is 0.291. The van der Waals surface area contributed by atoms with E-state index in [1.807, 2.05) is 19.3 Å². The molecule has 0 bridgehead atoms. The molecule has 1 aromatic heterocycles. The van der Waals surface area contributed by atoms with Gasteiger partial charge in [-0.15, -0.1) is 0 Å². The molecule has 0 spiro atoms. The normalized spacial score (nSPS) is 12.6. The number of nitrogens with zero attached hydrogens (tertiary/aromatic N) is 1. The van der Waals surface area contributed by atoms with Gasteiger partial charge in [0.25, 0.3) is 0 Å². The fourth-order valence-electron chi connectivity index (χ4n) is 1.26. The molecule has 0 saturated heterocycles. The third-order valence-electron chi connectivity index (χ3n) is 2.22. The molecular weight excluding hydrogens is 246 g/mol. The van der Waals surface area contributed by atoms with Crippen LogP contribution in [0.4, 0.5) is 0 Å². The Morgan fingerprint density at radius 3 is 2.86 bits per heavy atom. The molecular formula is C10H14BrNO2. The van der Waals surface area contributed by atoms with Crippen LogP contribution in [0.3, 0.4) is 0 Å². The van der Waals surface area contributed by atoms with Crippen LogP contribution in [-0.2, 0) is 11.8 Å². The summed E-state index contributed by atoms with van der Waals surface area (Å²) in [7, 11) is 3.24. The first-order chi connectivity index (χ1) is 6.60. The van der Waals surface area contributed by atoms with E-state index in [1.165, 1.54) is 7.11 Å². The SMILES string of the molecule is COC(=O)c1cc(C(C)CBr)cn1C. The zero-order valence-electron chi connectivity index (χ0n) is 8.58. The average Bonchev–Trinajstić information content (AvgIpc) is 2.58. The van der Waals surface area contributed by atoms with Gasteiger partial charge in [0.05, 0.1) is 7.11 Å². The summed E-state index contributed by atoms with van der Waals surface area (Å²) < 4.78 is 6.46. The number of hydrogen-bond acceptors (Lipinski definition) is 2. The van der Waals surface area contributed by atoms with Crippen molar-refractivity contribution < 1.29 is 9.53 Å². The van der Waals surface area contributed by atoms with E-state index in [0.717, 1.165) is 10.9 Å². The van der Waals surface area contributed by atoms with Gasteiger partial charge in [0.2, 0.25) is 0 Å². The molecule has 3 nitrogen and oxygen atoms in total. The lowest BCUT2D eigenvalue weighted by Crippen LogP contribution is -2.06. The molecule has 4 heteroatoms. The van der Waals surface area contributed by atoms with Gasteiger partial charge in [0, 0.05) is 18.6 Å². The summed E-state index contributed by atoms with van der Waals surface area (Å²) >= 11 is 3.41. The summed E-state index contributed by atoms with van der Waals surface area (Å²) in [5.74, 6) is 0.111. The summed E-state index contributed by atoms with van der Waals surface area (Å²) in [5.41, 5.74) is 1.74. The van der Waals surface area contributed by atoms with E-state index in [1.54, 1.807) is 4.57 Å². The van der Waals surface area contributed by atoms with Crippen molar-refractivity contribution in [3.05, 3.63) is 23.5 Å². The summed E-state index contributed by atoms with van der Waals surface area (Å²) in [6.45, 7) is 2.10. The minimum Gasteiger partial charge on any atom is -0.464 e. The van der Waals surface area contributed by atoms with Gasteiger partial charge in [-0.05, 0) is 17.5 Å². The Hall–Kier alpha value is -0.770. The first-order valence-corrected chi connectivity index (χ1v) is 5.52. The van der Waals surface area contributed by atoms with Crippen molar-refractivity contribution in [1.82, 2.24) is 4.57 Å². The van der Waals surface area contributed by atoms with E-state index in [2.05, 4.69) is 27.6 Å². The fourth-order valence-corrected chi connectivity index (χ4v) is 1.63. The third kappa shape index (κ3) is 2.18. The summed E-state index contributed by atoms with van der Waals surface area (Å²) in [6, 6.07) is 1.87. The molecule has 0 aliphatic rings. The maximum Gasteiger partial charge on any atom is 0.354 e. The zero-order valence-corrected chi connectivity index (χ0v) is 10.2. The molecule has 0 aliphatic carbocycles. The number of hydrogen-bond donors (Lipinski definition) is 0. The van der Waals surface area contributed by atoms with Gasteiger partial charge in [-0.3, -0.25) is 0 Å². The first-order valence-electron chi connectivity index (χ1n) is 4.40. The number of ether oxygens (including phenoxy) is 1. The quantitative estimate of drug-likeness (QED) is 0.616. The minimum atomic E-state index is -0.291. The highest BCUT2D eigenvalue weighted by Gasteiger charge is 2.14. The number of alkyl halides is 1. The monoisotopic (exact) mass is 259 g/mol. The van der Waals surface area contributed by atoms with Crippen LogP contribution < -0.4 is 0 Å². The Balaban J connectivity index is 2.98. The van der Waals surface area contributed by atoms with Crippen molar-refractivity contribution in [2.75, 3.05) is 12.4 Å². The molecule has 1 atom stereocenters. The van der Waals surface area contributed by atoms with E-state index >= 15 is 0 Å². The van der Waals surface area contributed by atoms with E-state index in [9.17, 15) is 4.79 Å². The molecule has 1 unspecified atom stereocenters. The molecule has 0 aliphatic heterocycles. The van der Waals surface area contributed by atoms with Crippen LogP contribution in [0.25, 0.3) is 0 Å². The second kappa shape index (κ2) is 4.64. The summed E-state index contributed by atoms with van der Waals surface area (Å²) in [6.07, 6.45) is 1.96. The first kappa shape index (κ1) is 11.3. The van der Waals surface area contributed by atoms with Crippen molar-refractivity contribution in [1.29, 1.82) is 0 Å². The van der Waals surface area contributed by atoms with Crippen LogP contribution in [0.15, 0.2) is 12.3 Å². The zero-order chi connectivity index (χ0) is 10.7. The highest BCUT2D eigenvalue weighted by Crippen LogP contribution is 2.20. The maximum absolute atomic E-state index is 11.3. The standard InChI is InChI=1S/C10H14BrNO2/c1-7(5-11)8-4-9(10(13)14-3)12(2)6-8/h4,6-7H,5H2,1-3H3. The van der Waals surface area contributed by atoms with Crippen LogP contribution in [0.1, 0.15) is 28.9 Å². The van der Waals surface area contributed by atoms with Crippen LogP contribution in [0.2, 0.25) is 0 Å². The van der Waals surface area contributed by atoms with E-state index in [0.29, 0.717) is 11.6 Å². The molecule has 1 aromatic rings. The van der Waals surface area contributed by atoms with Crippen molar-refractivity contribution >= 4 is 21.9 Å². The number of esters is 1. The maximum atomic E-state index is 11.3. The molecule has 0 aromatic carbocycles. The number of aromatic nitrogens is 1. The molecule has 1 rings (SSSR count). The molecule has 78 valence electrons. The Bertz CT molecular complexity index is 333. The number of carbonyl (C=O) groups excluding carboxylic acids is 1. The topological polar surface area (TPSA) is 31.2 Å². The Morgan fingerprint density at radius 2 is 2.36 bits per heavy atom. The van der Waals surface area contributed by atoms with Crippen molar-refractivity contribution in [2.45, 2.75) is 12.8 Å². The molecule has 1 heterocycles. The molecule has 0 saturated carbocycles. The highest BCUT2D eigenvalue weighted by molar-refractivity contribution is 9.09. The van der Waals surface area contributed by atoms with Gasteiger partial charge in [0.1, 0.15) is 5.69 Å². The highest BCUT2D eigenvalue weighted by atomic mass is 79.9. The molecule has 0 N–H and O–H groups in total. The average molecular weight is 260 g/mol. The molecule has 14 heavy (non-hydrogen) atoms. The number of methoxy groups -OCH3 is 1. The number of carbonyl (C=O) groups is 1. The van der Waals surface area contributed by atoms with E-state index in [-0.39, 0.29) is 5.97 Å². The molecule has 0 fully saturated rings. The van der Waals surface area contributed by atoms with Gasteiger partial charge in [0.15, 0.2) is 0 Å². The Labute approximate surface area is 92.2 Å². The van der Waals surface area contributed by atoms with E-state index in [4.69, 9.17) is 0 Å². The molecule has 0 radical (unpaired) electrons. The van der Waals surface area contributed by atoms with Crippen molar-refractivity contribution in [3.63, 3.8) is 0 Å². The van der Waals surface area contributed by atoms with Gasteiger partial charge in [-0.2, -0.15) is 0 Å². The lowest BCUT2D eigenvalue weighted by Gasteiger charge is -2.02. The second-order valence-electron chi connectivity index (χ2n) is 3.32. The number of halogens is 1. The van der Waals surface area contributed by atoms with Crippen LogP contribution in [-0.4, -0.2) is 23.0 Å². The smallest absolute Gasteiger partial charge is 0.354 e. The summed E-state index contributed by atoms with van der Waals surface area (Å²) in [5, 5.41) is 0.887. The van der Waals surface area contributed by atoms with Crippen LogP contribution in [0.5, 0.6) is 0 Å². The van der Waals surface area contributed by atoms with Gasteiger partial charge in [-0.1, -0.05) is 22.9 Å². The lowest BCUT2D eigenvalue weighted by atomic mass is 10.1. The number of rotatable bonds is 3. The fraction of sp³-hybridized carbons (Fsp3) is 0.500. The van der Waals surface area contributed by atoms with Gasteiger partial charge < -0.3 is 9.30 Å². The van der Waals surface area contributed by atoms with Crippen molar-refractivity contribution in [2.24, 2.45) is 7.05 Å². The third-order valence-corrected chi connectivity index (χ3v) is 3.19. The van der Waals surface area contributed by atoms with Gasteiger partial charge in [-0.25, -0.2) is 4.79 Å². The van der Waals surface area contributed by atoms with Crippen molar-refractivity contribution in [3.8, 4) is 0 Å².